The molecule has 6 nitrogen and oxygen atoms in total. The Kier molecular flexibility index (Phi) is 4.35. The normalized spacial score (nSPS) is 10.6. The van der Waals surface area contributed by atoms with Crippen LogP contribution in [-0.4, -0.2) is 20.6 Å². The van der Waals surface area contributed by atoms with Crippen molar-refractivity contribution < 1.29 is 14.8 Å². The monoisotopic (exact) mass is 336 g/mol. The van der Waals surface area contributed by atoms with Gasteiger partial charge in [0.2, 0.25) is 0 Å². The zero-order valence-electron chi connectivity index (χ0n) is 13.5. The lowest BCUT2D eigenvalue weighted by Crippen LogP contribution is -2.03. The quantitative estimate of drug-likeness (QED) is 0.555. The highest BCUT2D eigenvalue weighted by atomic mass is 16.6. The maximum absolute atomic E-state index is 11.9. The number of nitrogens with zero attached hydrogens (tertiary/aromatic N) is 2. The van der Waals surface area contributed by atoms with Gasteiger partial charge in [-0.3, -0.25) is 10.1 Å². The average molecular weight is 336 g/mol. The minimum absolute atomic E-state index is 0.00802. The summed E-state index contributed by atoms with van der Waals surface area (Å²) >= 11 is 0. The van der Waals surface area contributed by atoms with Crippen molar-refractivity contribution in [2.24, 2.45) is 0 Å². The molecule has 0 saturated carbocycles. The topological polar surface area (TPSA) is 85.4 Å². The van der Waals surface area contributed by atoms with E-state index >= 15 is 0 Å². The van der Waals surface area contributed by atoms with E-state index in [2.05, 4.69) is 0 Å². The summed E-state index contributed by atoms with van der Waals surface area (Å²) in [6, 6.07) is 15.3. The van der Waals surface area contributed by atoms with Crippen molar-refractivity contribution in [3.05, 3.63) is 82.0 Å². The van der Waals surface area contributed by atoms with Gasteiger partial charge < -0.3 is 9.67 Å². The Morgan fingerprint density at radius 3 is 2.28 bits per heavy atom. The fourth-order valence-corrected chi connectivity index (χ4v) is 2.88. The first-order chi connectivity index (χ1) is 12.0. The van der Waals surface area contributed by atoms with Crippen LogP contribution in [-0.2, 0) is 6.42 Å². The van der Waals surface area contributed by atoms with Gasteiger partial charge in [0, 0.05) is 24.0 Å². The van der Waals surface area contributed by atoms with Crippen LogP contribution in [0.4, 0.5) is 5.69 Å². The van der Waals surface area contributed by atoms with Gasteiger partial charge in [0.15, 0.2) is 0 Å². The average Bonchev–Trinajstić information content (AvgIpc) is 3.02. The van der Waals surface area contributed by atoms with E-state index in [1.54, 1.807) is 22.9 Å². The summed E-state index contributed by atoms with van der Waals surface area (Å²) in [4.78, 5) is 22.3. The lowest BCUT2D eigenvalue weighted by Gasteiger charge is -2.10. The highest BCUT2D eigenvalue weighted by Crippen LogP contribution is 2.32. The number of aromatic carboxylic acids is 1. The Labute approximate surface area is 144 Å². The molecule has 0 atom stereocenters. The Balaban J connectivity index is 2.26. The Morgan fingerprint density at radius 1 is 1.12 bits per heavy atom. The van der Waals surface area contributed by atoms with Crippen LogP contribution in [0.2, 0.25) is 0 Å². The summed E-state index contributed by atoms with van der Waals surface area (Å²) in [5.74, 6) is -0.989. The Hall–Kier alpha value is -3.41. The van der Waals surface area contributed by atoms with E-state index in [9.17, 15) is 20.0 Å². The number of aryl methyl sites for hydroxylation is 1. The smallest absolute Gasteiger partial charge is 0.338 e. The molecule has 0 unspecified atom stereocenters. The number of nitro benzene ring substituents is 1. The molecule has 6 heteroatoms. The molecule has 126 valence electrons. The molecule has 0 fully saturated rings. The van der Waals surface area contributed by atoms with E-state index in [0.29, 0.717) is 23.4 Å². The number of hydrogen-bond acceptors (Lipinski definition) is 3. The van der Waals surface area contributed by atoms with E-state index in [4.69, 9.17) is 0 Å². The predicted molar refractivity (Wildman–Crippen MR) is 94.2 cm³/mol. The molecule has 25 heavy (non-hydrogen) atoms. The standard InChI is InChI=1S/C19H16N2O4/c1-2-13-12-20(15-8-10-16(11-9-15)21(24)25)18(17(13)19(22)23)14-6-4-3-5-7-14/h3-12H,2H2,1H3,(H,22,23). The van der Waals surface area contributed by atoms with Crippen molar-refractivity contribution in [2.75, 3.05) is 0 Å². The zero-order chi connectivity index (χ0) is 18.0. The molecule has 0 aliphatic carbocycles. The number of benzene rings is 2. The molecule has 0 amide bonds. The third kappa shape index (κ3) is 3.01. The maximum atomic E-state index is 11.9. The van der Waals surface area contributed by atoms with Crippen molar-refractivity contribution in [1.29, 1.82) is 0 Å². The molecule has 3 aromatic rings. The molecular formula is C19H16N2O4. The molecular weight excluding hydrogens is 320 g/mol. The first-order valence-electron chi connectivity index (χ1n) is 7.80. The second-order valence-electron chi connectivity index (χ2n) is 5.55. The van der Waals surface area contributed by atoms with Gasteiger partial charge in [-0.05, 0) is 29.7 Å². The van der Waals surface area contributed by atoms with Crippen LogP contribution in [0, 0.1) is 10.1 Å². The number of carboxylic acid groups (broad SMARTS) is 1. The first-order valence-corrected chi connectivity index (χ1v) is 7.80. The lowest BCUT2D eigenvalue weighted by atomic mass is 10.0. The number of nitro groups is 1. The van der Waals surface area contributed by atoms with Gasteiger partial charge in [-0.15, -0.1) is 0 Å². The van der Waals surface area contributed by atoms with Gasteiger partial charge >= 0.3 is 5.97 Å². The molecule has 1 heterocycles. The van der Waals surface area contributed by atoms with Crippen LogP contribution in [0.25, 0.3) is 16.9 Å². The van der Waals surface area contributed by atoms with Crippen molar-refractivity contribution in [3.63, 3.8) is 0 Å². The number of carboxylic acids is 1. The van der Waals surface area contributed by atoms with Crippen molar-refractivity contribution in [2.45, 2.75) is 13.3 Å². The van der Waals surface area contributed by atoms with E-state index in [1.807, 2.05) is 37.3 Å². The number of rotatable bonds is 5. The van der Waals surface area contributed by atoms with Crippen LogP contribution in [0.5, 0.6) is 0 Å². The first kappa shape index (κ1) is 16.4. The van der Waals surface area contributed by atoms with Crippen molar-refractivity contribution in [3.8, 4) is 16.9 Å². The summed E-state index contributed by atoms with van der Waals surface area (Å²) in [5.41, 5.74) is 2.98. The van der Waals surface area contributed by atoms with Crippen molar-refractivity contribution in [1.82, 2.24) is 4.57 Å². The lowest BCUT2D eigenvalue weighted by molar-refractivity contribution is -0.384. The SMILES string of the molecule is CCc1cn(-c2ccc([N+](=O)[O-])cc2)c(-c2ccccc2)c1C(=O)O. The maximum Gasteiger partial charge on any atom is 0.338 e. The van der Waals surface area contributed by atoms with E-state index < -0.39 is 10.9 Å². The van der Waals surface area contributed by atoms with Gasteiger partial charge in [-0.25, -0.2) is 4.79 Å². The van der Waals surface area contributed by atoms with Crippen molar-refractivity contribution >= 4 is 11.7 Å². The Morgan fingerprint density at radius 2 is 1.76 bits per heavy atom. The van der Waals surface area contributed by atoms with E-state index in [-0.39, 0.29) is 11.3 Å². The van der Waals surface area contributed by atoms with Gasteiger partial charge in [-0.2, -0.15) is 0 Å². The molecule has 0 spiro atoms. The highest BCUT2D eigenvalue weighted by Gasteiger charge is 2.22. The van der Waals surface area contributed by atoms with Crippen LogP contribution in [0.3, 0.4) is 0 Å². The van der Waals surface area contributed by atoms with Gasteiger partial charge in [0.25, 0.3) is 5.69 Å². The summed E-state index contributed by atoms with van der Waals surface area (Å²) in [6.45, 7) is 1.90. The van der Waals surface area contributed by atoms with Crippen LogP contribution >= 0.6 is 0 Å². The van der Waals surface area contributed by atoms with Crippen LogP contribution in [0.1, 0.15) is 22.8 Å². The number of non-ortho nitro benzene ring substituents is 1. The zero-order valence-corrected chi connectivity index (χ0v) is 13.5. The molecule has 0 radical (unpaired) electrons. The highest BCUT2D eigenvalue weighted by molar-refractivity contribution is 5.97. The minimum Gasteiger partial charge on any atom is -0.478 e. The van der Waals surface area contributed by atoms with Gasteiger partial charge in [0.1, 0.15) is 0 Å². The predicted octanol–water partition coefficient (Wildman–Crippen LogP) is 4.31. The number of hydrogen-bond donors (Lipinski definition) is 1. The molecule has 0 saturated heterocycles. The number of carbonyl (C=O) groups is 1. The molecule has 1 aromatic heterocycles. The molecule has 0 aliphatic heterocycles. The van der Waals surface area contributed by atoms with Gasteiger partial charge in [-0.1, -0.05) is 37.3 Å². The largest absolute Gasteiger partial charge is 0.478 e. The van der Waals surface area contributed by atoms with E-state index in [0.717, 1.165) is 5.56 Å². The summed E-state index contributed by atoms with van der Waals surface area (Å²) in [7, 11) is 0. The summed E-state index contributed by atoms with van der Waals surface area (Å²) < 4.78 is 1.78. The third-order valence-corrected chi connectivity index (χ3v) is 4.06. The molecule has 0 bridgehead atoms. The second-order valence-corrected chi connectivity index (χ2v) is 5.55. The minimum atomic E-state index is -0.989. The van der Waals surface area contributed by atoms with E-state index in [1.165, 1.54) is 12.1 Å². The fourth-order valence-electron chi connectivity index (χ4n) is 2.88. The van der Waals surface area contributed by atoms with Gasteiger partial charge in [0.05, 0.1) is 16.2 Å². The summed E-state index contributed by atoms with van der Waals surface area (Å²) in [5, 5.41) is 20.6. The molecule has 3 rings (SSSR count). The second kappa shape index (κ2) is 6.60. The van der Waals surface area contributed by atoms with Crippen LogP contribution < -0.4 is 0 Å². The molecule has 2 aromatic carbocycles. The fraction of sp³-hybridized carbons (Fsp3) is 0.105. The number of aromatic nitrogens is 1. The summed E-state index contributed by atoms with van der Waals surface area (Å²) in [6.07, 6.45) is 2.36. The van der Waals surface area contributed by atoms with Crippen LogP contribution in [0.15, 0.2) is 60.8 Å². The Bertz CT molecular complexity index is 928. The molecule has 1 N–H and O–H groups in total. The third-order valence-electron chi connectivity index (χ3n) is 4.06. The molecule has 0 aliphatic rings.